The van der Waals surface area contributed by atoms with Crippen molar-refractivity contribution in [3.63, 3.8) is 0 Å². The molecule has 0 radical (unpaired) electrons. The molecule has 8 heteroatoms. The lowest BCUT2D eigenvalue weighted by atomic mass is 10.1. The van der Waals surface area contributed by atoms with Gasteiger partial charge in [0, 0.05) is 12.6 Å². The van der Waals surface area contributed by atoms with E-state index in [1.54, 1.807) is 6.92 Å². The molecule has 1 aliphatic heterocycles. The highest BCUT2D eigenvalue weighted by Gasteiger charge is 2.36. The molecule has 0 spiro atoms. The molecule has 1 saturated heterocycles. The lowest BCUT2D eigenvalue weighted by Gasteiger charge is -2.34. The van der Waals surface area contributed by atoms with Crippen LogP contribution in [0.15, 0.2) is 18.2 Å². The number of benzene rings is 1. The Kier molecular flexibility index (Phi) is 4.46. The van der Waals surface area contributed by atoms with E-state index >= 15 is 0 Å². The van der Waals surface area contributed by atoms with Gasteiger partial charge in [0.25, 0.3) is 0 Å². The van der Waals surface area contributed by atoms with E-state index in [0.717, 1.165) is 11.0 Å². The van der Waals surface area contributed by atoms with Crippen molar-refractivity contribution in [3.8, 4) is 0 Å². The third-order valence-corrected chi connectivity index (χ3v) is 3.28. The van der Waals surface area contributed by atoms with Gasteiger partial charge in [-0.25, -0.2) is 8.78 Å². The molecule has 112 valence electrons. The average molecular weight is 313 g/mol. The topological polar surface area (TPSA) is 65.4 Å². The first kappa shape index (κ1) is 15.3. The summed E-state index contributed by atoms with van der Waals surface area (Å²) < 4.78 is 31.7. The second-order valence-electron chi connectivity index (χ2n) is 4.31. The molecule has 1 fully saturated rings. The number of rotatable bonds is 3. The Hall–Kier alpha value is -2.09. The van der Waals surface area contributed by atoms with Gasteiger partial charge < -0.3 is 10.1 Å². The van der Waals surface area contributed by atoms with Crippen molar-refractivity contribution in [2.75, 3.05) is 18.1 Å². The second kappa shape index (κ2) is 6.13. The molecule has 5 nitrogen and oxygen atoms in total. The van der Waals surface area contributed by atoms with Gasteiger partial charge in [-0.15, -0.1) is 0 Å². The molecular weight excluding hydrogens is 300 g/mol. The predicted octanol–water partition coefficient (Wildman–Crippen LogP) is 1.82. The monoisotopic (exact) mass is 313 g/mol. The van der Waals surface area contributed by atoms with Crippen LogP contribution in [0.2, 0.25) is 0 Å². The number of nitrogens with one attached hydrogen (secondary N) is 2. The van der Waals surface area contributed by atoms with Crippen LogP contribution in [0.1, 0.15) is 6.92 Å². The first-order chi connectivity index (χ1) is 9.95. The molecule has 1 unspecified atom stereocenters. The van der Waals surface area contributed by atoms with E-state index in [2.05, 4.69) is 5.32 Å². The summed E-state index contributed by atoms with van der Waals surface area (Å²) in [6, 6.07) is 2.92. The number of hydrogen-bond acceptors (Lipinski definition) is 4. The smallest absolute Gasteiger partial charge is 0.318 e. The van der Waals surface area contributed by atoms with Crippen molar-refractivity contribution in [3.05, 3.63) is 29.8 Å². The van der Waals surface area contributed by atoms with Crippen LogP contribution < -0.4 is 10.2 Å². The zero-order valence-corrected chi connectivity index (χ0v) is 12.0. The van der Waals surface area contributed by atoms with E-state index in [0.29, 0.717) is 6.07 Å². The van der Waals surface area contributed by atoms with E-state index in [1.807, 2.05) is 0 Å². The van der Waals surface area contributed by atoms with Gasteiger partial charge in [-0.1, -0.05) is 0 Å². The molecule has 0 aliphatic carbocycles. The minimum Gasteiger partial charge on any atom is -0.465 e. The Balaban J connectivity index is 2.34. The van der Waals surface area contributed by atoms with Gasteiger partial charge in [-0.2, -0.15) is 0 Å². The van der Waals surface area contributed by atoms with E-state index < -0.39 is 23.5 Å². The van der Waals surface area contributed by atoms with Crippen LogP contribution in [0, 0.1) is 23.0 Å². The van der Waals surface area contributed by atoms with Crippen LogP contribution in [0.5, 0.6) is 0 Å². The molecular formula is C13H13F2N3O2S. The van der Waals surface area contributed by atoms with Gasteiger partial charge in [0.05, 0.1) is 12.3 Å². The molecule has 21 heavy (non-hydrogen) atoms. The third kappa shape index (κ3) is 2.99. The number of halogens is 2. The normalized spacial score (nSPS) is 18.4. The summed E-state index contributed by atoms with van der Waals surface area (Å²) in [6.07, 6.45) is 0. The highest BCUT2D eigenvalue weighted by molar-refractivity contribution is 7.80. The van der Waals surface area contributed by atoms with Crippen molar-refractivity contribution in [1.82, 2.24) is 5.32 Å². The van der Waals surface area contributed by atoms with Gasteiger partial charge in [0.1, 0.15) is 23.4 Å². The van der Waals surface area contributed by atoms with Gasteiger partial charge in [-0.05, 0) is 31.3 Å². The number of carbonyl (C=O) groups is 1. The maximum Gasteiger partial charge on any atom is 0.318 e. The Morgan fingerprint density at radius 2 is 2.29 bits per heavy atom. The van der Waals surface area contributed by atoms with Crippen LogP contribution in [-0.4, -0.2) is 30.1 Å². The highest BCUT2D eigenvalue weighted by Crippen LogP contribution is 2.24. The van der Waals surface area contributed by atoms with E-state index in [4.69, 9.17) is 22.4 Å². The third-order valence-electron chi connectivity index (χ3n) is 2.95. The van der Waals surface area contributed by atoms with Crippen LogP contribution in [0.3, 0.4) is 0 Å². The highest BCUT2D eigenvalue weighted by atomic mass is 32.1. The van der Waals surface area contributed by atoms with Crippen molar-refractivity contribution in [2.45, 2.75) is 6.92 Å². The standard InChI is InChI=1S/C13H13F2N3O2S/c1-2-20-12(19)8-6-17-13(21)18(11(8)16)10-4-3-7(14)5-9(10)15/h3-5,8,16H,2,6H2,1H3,(H,17,21). The zero-order valence-electron chi connectivity index (χ0n) is 11.2. The van der Waals surface area contributed by atoms with E-state index in [9.17, 15) is 13.6 Å². The fourth-order valence-corrected chi connectivity index (χ4v) is 2.25. The number of esters is 1. The summed E-state index contributed by atoms with van der Waals surface area (Å²) in [5.41, 5.74) is -0.0899. The van der Waals surface area contributed by atoms with Crippen LogP contribution >= 0.6 is 12.2 Å². The van der Waals surface area contributed by atoms with Gasteiger partial charge in [0.2, 0.25) is 0 Å². The summed E-state index contributed by atoms with van der Waals surface area (Å²) in [5.74, 6) is -3.30. The van der Waals surface area contributed by atoms with Crippen molar-refractivity contribution in [2.24, 2.45) is 5.92 Å². The number of carbonyl (C=O) groups excluding carboxylic acids is 1. The van der Waals surface area contributed by atoms with Crippen LogP contribution in [0.25, 0.3) is 0 Å². The number of amidine groups is 1. The Bertz CT molecular complexity index is 609. The lowest BCUT2D eigenvalue weighted by Crippen LogP contribution is -2.57. The molecule has 0 aromatic heterocycles. The molecule has 1 aromatic carbocycles. The van der Waals surface area contributed by atoms with E-state index in [-0.39, 0.29) is 29.8 Å². The molecule has 1 aromatic rings. The van der Waals surface area contributed by atoms with Crippen molar-refractivity contribution < 1.29 is 18.3 Å². The minimum absolute atomic E-state index is 0.0751. The SMILES string of the molecule is CCOC(=O)C1CNC(=S)N(c2ccc(F)cc2F)C1=N. The molecule has 1 heterocycles. The summed E-state index contributed by atoms with van der Waals surface area (Å²) in [6.45, 7) is 1.94. The molecule has 0 bridgehead atoms. The fraction of sp³-hybridized carbons (Fsp3) is 0.308. The molecule has 2 rings (SSSR count). The summed E-state index contributed by atoms with van der Waals surface area (Å²) >= 11 is 5.04. The second-order valence-corrected chi connectivity index (χ2v) is 4.69. The maximum absolute atomic E-state index is 13.9. The number of nitrogens with zero attached hydrogens (tertiary/aromatic N) is 1. The molecule has 1 aliphatic rings. The summed E-state index contributed by atoms with van der Waals surface area (Å²) in [4.78, 5) is 12.9. The van der Waals surface area contributed by atoms with Crippen molar-refractivity contribution in [1.29, 1.82) is 5.41 Å². The Labute approximate surface area is 125 Å². The van der Waals surface area contributed by atoms with E-state index in [1.165, 1.54) is 6.07 Å². The number of hydrogen-bond donors (Lipinski definition) is 2. The summed E-state index contributed by atoms with van der Waals surface area (Å²) in [7, 11) is 0. The zero-order chi connectivity index (χ0) is 15.6. The Morgan fingerprint density at radius 1 is 1.57 bits per heavy atom. The fourth-order valence-electron chi connectivity index (χ4n) is 1.97. The first-order valence-corrected chi connectivity index (χ1v) is 6.64. The lowest BCUT2D eigenvalue weighted by molar-refractivity contribution is -0.145. The van der Waals surface area contributed by atoms with Gasteiger partial charge in [-0.3, -0.25) is 15.1 Å². The Morgan fingerprint density at radius 3 is 2.90 bits per heavy atom. The van der Waals surface area contributed by atoms with Crippen LogP contribution in [-0.2, 0) is 9.53 Å². The predicted molar refractivity (Wildman–Crippen MR) is 77.3 cm³/mol. The number of ether oxygens (including phenoxy) is 1. The maximum atomic E-state index is 13.9. The minimum atomic E-state index is -0.902. The average Bonchev–Trinajstić information content (AvgIpc) is 2.41. The molecule has 1 atom stereocenters. The molecule has 0 saturated carbocycles. The molecule has 0 amide bonds. The molecule has 2 N–H and O–H groups in total. The van der Waals surface area contributed by atoms with Crippen molar-refractivity contribution >= 4 is 34.8 Å². The summed E-state index contributed by atoms with van der Waals surface area (Å²) in [5, 5.41) is 10.9. The number of anilines is 1. The quantitative estimate of drug-likeness (QED) is 0.658. The first-order valence-electron chi connectivity index (χ1n) is 6.23. The van der Waals surface area contributed by atoms with Crippen LogP contribution in [0.4, 0.5) is 14.5 Å². The largest absolute Gasteiger partial charge is 0.465 e. The van der Waals surface area contributed by atoms with Gasteiger partial charge >= 0.3 is 5.97 Å². The number of thiocarbonyl (C=S) groups is 1. The van der Waals surface area contributed by atoms with Gasteiger partial charge in [0.15, 0.2) is 5.11 Å².